The minimum Gasteiger partial charge on any atom is -0.459 e. The first kappa shape index (κ1) is 20.9. The summed E-state index contributed by atoms with van der Waals surface area (Å²) in [6.07, 6.45) is 1.42. The first-order valence-corrected chi connectivity index (χ1v) is 10.1. The highest BCUT2D eigenvalue weighted by Crippen LogP contribution is 2.17. The molecule has 0 saturated heterocycles. The van der Waals surface area contributed by atoms with Gasteiger partial charge in [0.15, 0.2) is 5.76 Å². The molecule has 3 aromatic carbocycles. The van der Waals surface area contributed by atoms with Gasteiger partial charge in [-0.25, -0.2) is 0 Å². The zero-order valence-electron chi connectivity index (χ0n) is 17.1. The number of amides is 3. The third-order valence-corrected chi connectivity index (χ3v) is 4.86. The standard InChI is InChI=1S/C25H21N3O4/c29-23(26-13-14-27-25(31)22-6-3-15-32-22)18-9-11-21(12-10-18)28-24(30)20-8-7-17-4-1-2-5-19(17)16-20/h1-12,15-16H,13-14H2,(H,26,29)(H,27,31)(H,28,30). The predicted molar refractivity (Wildman–Crippen MR) is 122 cm³/mol. The Kier molecular flexibility index (Phi) is 6.27. The summed E-state index contributed by atoms with van der Waals surface area (Å²) < 4.78 is 5.00. The predicted octanol–water partition coefficient (Wildman–Crippen LogP) is 3.84. The van der Waals surface area contributed by atoms with E-state index in [1.807, 2.05) is 36.4 Å². The molecule has 7 nitrogen and oxygen atoms in total. The van der Waals surface area contributed by atoms with E-state index in [0.717, 1.165) is 10.8 Å². The lowest BCUT2D eigenvalue weighted by atomic mass is 10.1. The summed E-state index contributed by atoms with van der Waals surface area (Å²) in [7, 11) is 0. The van der Waals surface area contributed by atoms with Crippen LogP contribution in [-0.2, 0) is 0 Å². The molecule has 0 unspecified atom stereocenters. The SMILES string of the molecule is O=C(NCCNC(=O)c1ccco1)c1ccc(NC(=O)c2ccc3ccccc3c2)cc1. The second-order valence-electron chi connectivity index (χ2n) is 7.08. The lowest BCUT2D eigenvalue weighted by molar-refractivity contribution is 0.0910. The van der Waals surface area contributed by atoms with Gasteiger partial charge in [0.25, 0.3) is 17.7 Å². The van der Waals surface area contributed by atoms with Crippen LogP contribution in [0, 0.1) is 0 Å². The van der Waals surface area contributed by atoms with Crippen molar-refractivity contribution >= 4 is 34.2 Å². The van der Waals surface area contributed by atoms with Crippen molar-refractivity contribution < 1.29 is 18.8 Å². The highest BCUT2D eigenvalue weighted by molar-refractivity contribution is 6.06. The maximum atomic E-state index is 12.6. The average molecular weight is 427 g/mol. The molecule has 0 atom stereocenters. The fraction of sp³-hybridized carbons (Fsp3) is 0.0800. The van der Waals surface area contributed by atoms with Crippen LogP contribution in [0.2, 0.25) is 0 Å². The van der Waals surface area contributed by atoms with Gasteiger partial charge >= 0.3 is 0 Å². The monoisotopic (exact) mass is 427 g/mol. The molecule has 32 heavy (non-hydrogen) atoms. The number of furan rings is 1. The van der Waals surface area contributed by atoms with Gasteiger partial charge in [0, 0.05) is 29.9 Å². The van der Waals surface area contributed by atoms with Crippen LogP contribution in [0.5, 0.6) is 0 Å². The third-order valence-electron chi connectivity index (χ3n) is 4.86. The van der Waals surface area contributed by atoms with Crippen LogP contribution in [0.3, 0.4) is 0 Å². The van der Waals surface area contributed by atoms with Crippen molar-refractivity contribution in [2.75, 3.05) is 18.4 Å². The maximum absolute atomic E-state index is 12.6. The van der Waals surface area contributed by atoms with Crippen LogP contribution < -0.4 is 16.0 Å². The number of carbonyl (C=O) groups is 3. The largest absolute Gasteiger partial charge is 0.459 e. The highest BCUT2D eigenvalue weighted by Gasteiger charge is 2.10. The summed E-state index contributed by atoms with van der Waals surface area (Å²) in [5, 5.41) is 10.3. The fourth-order valence-corrected chi connectivity index (χ4v) is 3.19. The van der Waals surface area contributed by atoms with Crippen LogP contribution in [0.25, 0.3) is 10.8 Å². The van der Waals surface area contributed by atoms with Gasteiger partial charge in [0.05, 0.1) is 6.26 Å². The molecular weight excluding hydrogens is 406 g/mol. The number of benzene rings is 3. The molecule has 7 heteroatoms. The van der Waals surface area contributed by atoms with Gasteiger partial charge in [0.1, 0.15) is 0 Å². The summed E-state index contributed by atoms with van der Waals surface area (Å²) in [4.78, 5) is 36.6. The molecule has 1 heterocycles. The van der Waals surface area contributed by atoms with Gasteiger partial charge < -0.3 is 20.4 Å². The van der Waals surface area contributed by atoms with E-state index in [1.165, 1.54) is 6.26 Å². The molecule has 0 aliphatic carbocycles. The molecular formula is C25H21N3O4. The van der Waals surface area contributed by atoms with Gasteiger partial charge in [-0.15, -0.1) is 0 Å². The number of nitrogens with one attached hydrogen (secondary N) is 3. The first-order chi connectivity index (χ1) is 15.6. The van der Waals surface area contributed by atoms with Gasteiger partial charge in [-0.2, -0.15) is 0 Å². The second kappa shape index (κ2) is 9.61. The van der Waals surface area contributed by atoms with Gasteiger partial charge in [-0.3, -0.25) is 14.4 Å². The molecule has 1 aromatic heterocycles. The summed E-state index contributed by atoms with van der Waals surface area (Å²) in [6, 6.07) is 23.2. The summed E-state index contributed by atoms with van der Waals surface area (Å²) >= 11 is 0. The Morgan fingerprint density at radius 2 is 1.34 bits per heavy atom. The minimum atomic E-state index is -0.337. The van der Waals surface area contributed by atoms with Crippen LogP contribution in [-0.4, -0.2) is 30.8 Å². The van der Waals surface area contributed by atoms with Crippen LogP contribution >= 0.6 is 0 Å². The molecule has 4 aromatic rings. The molecule has 0 aliphatic rings. The van der Waals surface area contributed by atoms with Gasteiger partial charge in [0.2, 0.25) is 0 Å². The fourth-order valence-electron chi connectivity index (χ4n) is 3.19. The van der Waals surface area contributed by atoms with Crippen molar-refractivity contribution in [1.82, 2.24) is 10.6 Å². The van der Waals surface area contributed by atoms with E-state index < -0.39 is 0 Å². The smallest absolute Gasteiger partial charge is 0.287 e. The van der Waals surface area contributed by atoms with Crippen LogP contribution in [0.1, 0.15) is 31.3 Å². The van der Waals surface area contributed by atoms with Crippen LogP contribution in [0.15, 0.2) is 89.5 Å². The van der Waals surface area contributed by atoms with E-state index >= 15 is 0 Å². The normalized spacial score (nSPS) is 10.5. The molecule has 160 valence electrons. The maximum Gasteiger partial charge on any atom is 0.287 e. The van der Waals surface area contributed by atoms with Crippen molar-refractivity contribution in [3.05, 3.63) is 102 Å². The van der Waals surface area contributed by atoms with Crippen molar-refractivity contribution in [2.24, 2.45) is 0 Å². The number of fused-ring (bicyclic) bond motifs is 1. The van der Waals surface area contributed by atoms with E-state index in [4.69, 9.17) is 4.42 Å². The Morgan fingerprint density at radius 1 is 0.656 bits per heavy atom. The van der Waals surface area contributed by atoms with E-state index in [2.05, 4.69) is 16.0 Å². The molecule has 0 fully saturated rings. The molecule has 0 saturated carbocycles. The summed E-state index contributed by atoms with van der Waals surface area (Å²) in [5.74, 6) is -0.613. The summed E-state index contributed by atoms with van der Waals surface area (Å²) in [5.41, 5.74) is 1.60. The quantitative estimate of drug-likeness (QED) is 0.390. The number of hydrogen-bond acceptors (Lipinski definition) is 4. The Balaban J connectivity index is 1.27. The van der Waals surface area contributed by atoms with Crippen molar-refractivity contribution in [1.29, 1.82) is 0 Å². The van der Waals surface area contributed by atoms with Crippen molar-refractivity contribution in [3.63, 3.8) is 0 Å². The average Bonchev–Trinajstić information content (AvgIpc) is 3.37. The lowest BCUT2D eigenvalue weighted by Crippen LogP contribution is -2.34. The molecule has 4 rings (SSSR count). The molecule has 0 spiro atoms. The highest BCUT2D eigenvalue weighted by atomic mass is 16.3. The molecule has 0 aliphatic heterocycles. The van der Waals surface area contributed by atoms with E-state index in [-0.39, 0.29) is 36.6 Å². The molecule has 3 amide bonds. The van der Waals surface area contributed by atoms with E-state index in [1.54, 1.807) is 42.5 Å². The number of carbonyl (C=O) groups excluding carboxylic acids is 3. The van der Waals surface area contributed by atoms with Gasteiger partial charge in [-0.05, 0) is 59.3 Å². The zero-order chi connectivity index (χ0) is 22.3. The Hall–Kier alpha value is -4.39. The molecule has 0 bridgehead atoms. The topological polar surface area (TPSA) is 100 Å². The summed E-state index contributed by atoms with van der Waals surface area (Å²) in [6.45, 7) is 0.539. The first-order valence-electron chi connectivity index (χ1n) is 10.1. The lowest BCUT2D eigenvalue weighted by Gasteiger charge is -2.09. The van der Waals surface area contributed by atoms with Crippen molar-refractivity contribution in [3.8, 4) is 0 Å². The number of hydrogen-bond donors (Lipinski definition) is 3. The third kappa shape index (κ3) is 5.02. The Labute approximate surface area is 184 Å². The van der Waals surface area contributed by atoms with Crippen molar-refractivity contribution in [2.45, 2.75) is 0 Å². The second-order valence-corrected chi connectivity index (χ2v) is 7.08. The van der Waals surface area contributed by atoms with Crippen LogP contribution in [0.4, 0.5) is 5.69 Å². The Morgan fingerprint density at radius 3 is 2.06 bits per heavy atom. The van der Waals surface area contributed by atoms with Gasteiger partial charge in [-0.1, -0.05) is 30.3 Å². The Bertz CT molecular complexity index is 1250. The number of rotatable bonds is 7. The number of anilines is 1. The molecule has 3 N–H and O–H groups in total. The zero-order valence-corrected chi connectivity index (χ0v) is 17.1. The van der Waals surface area contributed by atoms with E-state index in [9.17, 15) is 14.4 Å². The minimum absolute atomic E-state index is 0.220. The van der Waals surface area contributed by atoms with E-state index in [0.29, 0.717) is 16.8 Å². The molecule has 0 radical (unpaired) electrons.